The molecule has 2 aromatic carbocycles. The van der Waals surface area contributed by atoms with Gasteiger partial charge in [-0.05, 0) is 54.6 Å². The van der Waals surface area contributed by atoms with Crippen molar-refractivity contribution in [3.05, 3.63) is 117 Å². The number of thiazole rings is 1. The van der Waals surface area contributed by atoms with E-state index in [9.17, 15) is 9.59 Å². The molecule has 35 heavy (non-hydrogen) atoms. The van der Waals surface area contributed by atoms with E-state index in [2.05, 4.69) is 10.3 Å². The Kier molecular flexibility index (Phi) is 6.51. The second-order valence-corrected chi connectivity index (χ2v) is 10.8. The average molecular weight is 540 g/mol. The number of hydrogen-bond donors (Lipinski definition) is 1. The van der Waals surface area contributed by atoms with E-state index < -0.39 is 6.04 Å². The molecule has 2 aromatic heterocycles. The van der Waals surface area contributed by atoms with Gasteiger partial charge in [-0.15, -0.1) is 11.3 Å². The van der Waals surface area contributed by atoms with E-state index in [4.69, 9.17) is 23.2 Å². The summed E-state index contributed by atoms with van der Waals surface area (Å²) in [7, 11) is 0. The molecule has 0 saturated heterocycles. The molecule has 3 heterocycles. The van der Waals surface area contributed by atoms with Gasteiger partial charge in [-0.3, -0.25) is 14.2 Å². The van der Waals surface area contributed by atoms with Crippen LogP contribution in [0.25, 0.3) is 6.08 Å². The number of rotatable bonds is 4. The zero-order valence-corrected chi connectivity index (χ0v) is 21.9. The van der Waals surface area contributed by atoms with Crippen LogP contribution in [0.3, 0.4) is 0 Å². The zero-order valence-electron chi connectivity index (χ0n) is 18.7. The summed E-state index contributed by atoms with van der Waals surface area (Å²) < 4.78 is 2.06. The fourth-order valence-corrected chi connectivity index (χ4v) is 6.23. The van der Waals surface area contributed by atoms with Crippen molar-refractivity contribution in [1.82, 2.24) is 4.57 Å². The Morgan fingerprint density at radius 1 is 1.09 bits per heavy atom. The van der Waals surface area contributed by atoms with E-state index in [-0.39, 0.29) is 11.5 Å². The summed E-state index contributed by atoms with van der Waals surface area (Å²) in [6.45, 7) is 3.74. The maximum atomic E-state index is 13.7. The molecule has 1 aliphatic rings. The summed E-state index contributed by atoms with van der Waals surface area (Å²) >= 11 is 15.3. The Balaban J connectivity index is 1.67. The summed E-state index contributed by atoms with van der Waals surface area (Å²) in [6, 6.07) is 16.1. The molecule has 0 spiro atoms. The topological polar surface area (TPSA) is 63.5 Å². The summed E-state index contributed by atoms with van der Waals surface area (Å²) in [5, 5.41) is 5.73. The molecule has 1 unspecified atom stereocenters. The molecule has 5 rings (SSSR count). The second-order valence-electron chi connectivity index (χ2n) is 8.01. The van der Waals surface area contributed by atoms with Crippen LogP contribution in [0.15, 0.2) is 81.0 Å². The number of aromatic nitrogens is 1. The van der Waals surface area contributed by atoms with Crippen molar-refractivity contribution in [2.45, 2.75) is 19.9 Å². The van der Waals surface area contributed by atoms with Crippen molar-refractivity contribution in [3.63, 3.8) is 0 Å². The highest BCUT2D eigenvalue weighted by atomic mass is 35.5. The van der Waals surface area contributed by atoms with Gasteiger partial charge in [0.05, 0.1) is 25.8 Å². The lowest BCUT2D eigenvalue weighted by atomic mass is 10.0. The van der Waals surface area contributed by atoms with Gasteiger partial charge in [-0.25, -0.2) is 4.99 Å². The smallest absolute Gasteiger partial charge is 0.271 e. The molecule has 0 fully saturated rings. The highest BCUT2D eigenvalue weighted by molar-refractivity contribution is 7.10. The molecule has 1 atom stereocenters. The molecule has 0 radical (unpaired) electrons. The van der Waals surface area contributed by atoms with Gasteiger partial charge in [-0.1, -0.05) is 70.9 Å². The van der Waals surface area contributed by atoms with Gasteiger partial charge < -0.3 is 5.32 Å². The van der Waals surface area contributed by atoms with Crippen molar-refractivity contribution in [2.75, 3.05) is 5.32 Å². The predicted octanol–water partition coefficient (Wildman–Crippen LogP) is 5.55. The molecule has 1 amide bonds. The van der Waals surface area contributed by atoms with Gasteiger partial charge in [-0.2, -0.15) is 0 Å². The number of hydrogen-bond acceptors (Lipinski definition) is 5. The van der Waals surface area contributed by atoms with Crippen LogP contribution >= 0.6 is 45.9 Å². The third-order valence-electron chi connectivity index (χ3n) is 5.74. The Bertz CT molecular complexity index is 1670. The monoisotopic (exact) mass is 539 g/mol. The van der Waals surface area contributed by atoms with E-state index in [0.29, 0.717) is 36.2 Å². The van der Waals surface area contributed by atoms with E-state index in [1.165, 1.54) is 22.7 Å². The number of para-hydroxylation sites is 1. The number of benzene rings is 2. The number of aryl methyl sites for hydroxylation is 1. The summed E-state index contributed by atoms with van der Waals surface area (Å²) in [4.78, 5) is 33.3. The number of fused-ring (bicyclic) bond motifs is 1. The third-order valence-corrected chi connectivity index (χ3v) is 8.48. The second kappa shape index (κ2) is 9.59. The van der Waals surface area contributed by atoms with Crippen LogP contribution < -0.4 is 20.2 Å². The third kappa shape index (κ3) is 4.41. The lowest BCUT2D eigenvalue weighted by Crippen LogP contribution is -2.40. The lowest BCUT2D eigenvalue weighted by molar-refractivity contribution is -0.113. The number of nitrogens with one attached hydrogen (secondary N) is 1. The molecule has 1 N–H and O–H groups in total. The standard InChI is InChI=1S/C26H19Cl2N3O2S2/c1-14-7-3-4-10-18(14)30-24(32)21-15(2)29-26-31(23(21)19-11-6-12-34-19)25(33)20(35-26)13-16-8-5-9-17(27)22(16)28/h3-13,23H,1-2H3,(H,30,32). The summed E-state index contributed by atoms with van der Waals surface area (Å²) in [5.74, 6) is -0.286. The average Bonchev–Trinajstić information content (AvgIpc) is 3.46. The number of halogens is 2. The highest BCUT2D eigenvalue weighted by Gasteiger charge is 2.33. The predicted molar refractivity (Wildman–Crippen MR) is 144 cm³/mol. The van der Waals surface area contributed by atoms with E-state index in [1.54, 1.807) is 35.8 Å². The van der Waals surface area contributed by atoms with Crippen LogP contribution in [0, 0.1) is 6.92 Å². The molecule has 5 nitrogen and oxygen atoms in total. The van der Waals surface area contributed by atoms with E-state index >= 15 is 0 Å². The van der Waals surface area contributed by atoms with Gasteiger partial charge in [0.25, 0.3) is 11.5 Å². The minimum absolute atomic E-state index is 0.239. The Morgan fingerprint density at radius 3 is 2.63 bits per heavy atom. The fourth-order valence-electron chi connectivity index (χ4n) is 4.00. The van der Waals surface area contributed by atoms with Crippen LogP contribution in [0.5, 0.6) is 0 Å². The normalized spacial score (nSPS) is 15.7. The van der Waals surface area contributed by atoms with Crippen LogP contribution in [0.1, 0.15) is 29.0 Å². The van der Waals surface area contributed by atoms with Gasteiger partial charge in [0.2, 0.25) is 0 Å². The molecule has 0 saturated carbocycles. The minimum Gasteiger partial charge on any atom is -0.322 e. The molecule has 9 heteroatoms. The molecule has 1 aliphatic heterocycles. The van der Waals surface area contributed by atoms with E-state index in [1.807, 2.05) is 48.7 Å². The molecule has 176 valence electrons. The number of anilines is 1. The van der Waals surface area contributed by atoms with Gasteiger partial charge in [0.15, 0.2) is 4.80 Å². The largest absolute Gasteiger partial charge is 0.322 e. The number of carbonyl (C=O) groups excluding carboxylic acids is 1. The molecular weight excluding hydrogens is 521 g/mol. The van der Waals surface area contributed by atoms with Crippen molar-refractivity contribution >= 4 is 63.5 Å². The Hall–Kier alpha value is -2.97. The van der Waals surface area contributed by atoms with Crippen LogP contribution in [-0.2, 0) is 4.79 Å². The first-order chi connectivity index (χ1) is 16.8. The van der Waals surface area contributed by atoms with Crippen LogP contribution in [0.4, 0.5) is 5.69 Å². The zero-order chi connectivity index (χ0) is 24.7. The first kappa shape index (κ1) is 23.8. The number of carbonyl (C=O) groups is 1. The minimum atomic E-state index is -0.591. The van der Waals surface area contributed by atoms with Crippen molar-refractivity contribution in [2.24, 2.45) is 4.99 Å². The summed E-state index contributed by atoms with van der Waals surface area (Å²) in [5.41, 5.74) is 3.08. The van der Waals surface area contributed by atoms with Crippen molar-refractivity contribution < 1.29 is 4.79 Å². The number of thiophene rings is 1. The maximum Gasteiger partial charge on any atom is 0.271 e. The van der Waals surface area contributed by atoms with Crippen molar-refractivity contribution in [3.8, 4) is 0 Å². The fraction of sp³-hybridized carbons (Fsp3) is 0.115. The number of allylic oxidation sites excluding steroid dienone is 1. The SMILES string of the molecule is CC1=C(C(=O)Nc2ccccc2C)C(c2cccs2)n2c(sc(=Cc3cccc(Cl)c3Cl)c2=O)=N1. The molecule has 4 aromatic rings. The quantitative estimate of drug-likeness (QED) is 0.369. The van der Waals surface area contributed by atoms with Gasteiger partial charge in [0.1, 0.15) is 6.04 Å². The maximum absolute atomic E-state index is 13.7. The molecule has 0 aliphatic carbocycles. The highest BCUT2D eigenvalue weighted by Crippen LogP contribution is 2.33. The summed E-state index contributed by atoms with van der Waals surface area (Å²) in [6.07, 6.45) is 1.72. The molecular formula is C26H19Cl2N3O2S2. The lowest BCUT2D eigenvalue weighted by Gasteiger charge is -2.24. The van der Waals surface area contributed by atoms with Crippen LogP contribution in [-0.4, -0.2) is 10.5 Å². The number of nitrogens with zero attached hydrogens (tertiary/aromatic N) is 2. The first-order valence-electron chi connectivity index (χ1n) is 10.7. The first-order valence-corrected chi connectivity index (χ1v) is 13.2. The van der Waals surface area contributed by atoms with E-state index in [0.717, 1.165) is 16.1 Å². The van der Waals surface area contributed by atoms with Crippen LogP contribution in [0.2, 0.25) is 10.0 Å². The van der Waals surface area contributed by atoms with Crippen molar-refractivity contribution in [1.29, 1.82) is 0 Å². The number of amides is 1. The molecule has 0 bridgehead atoms. The van der Waals surface area contributed by atoms with Gasteiger partial charge >= 0.3 is 0 Å². The Labute approximate surface area is 219 Å². The Morgan fingerprint density at radius 2 is 1.89 bits per heavy atom. The van der Waals surface area contributed by atoms with Gasteiger partial charge in [0, 0.05) is 10.6 Å².